The molecule has 0 aromatic carbocycles. The highest BCUT2D eigenvalue weighted by Gasteiger charge is 2.22. The van der Waals surface area contributed by atoms with E-state index in [4.69, 9.17) is 5.11 Å². The van der Waals surface area contributed by atoms with Crippen LogP contribution in [-0.2, 0) is 14.8 Å². The molecule has 1 aromatic heterocycles. The topological polar surface area (TPSA) is 83.5 Å². The average molecular weight is 249 g/mol. The summed E-state index contributed by atoms with van der Waals surface area (Å²) in [6.07, 6.45) is 0. The van der Waals surface area contributed by atoms with Gasteiger partial charge < -0.3 is 5.11 Å². The highest BCUT2D eigenvalue weighted by molar-refractivity contribution is 7.91. The van der Waals surface area contributed by atoms with E-state index in [1.807, 2.05) is 0 Å². The molecular formula is C8H11NO4S2. The van der Waals surface area contributed by atoms with Crippen LogP contribution in [-0.4, -0.2) is 25.5 Å². The third kappa shape index (κ3) is 3.01. The van der Waals surface area contributed by atoms with Crippen molar-refractivity contribution in [3.8, 4) is 0 Å². The second-order valence-electron chi connectivity index (χ2n) is 3.12. The molecule has 15 heavy (non-hydrogen) atoms. The summed E-state index contributed by atoms with van der Waals surface area (Å²) in [6, 6.07) is 0.374. The van der Waals surface area contributed by atoms with Crippen molar-refractivity contribution in [3.63, 3.8) is 0 Å². The number of carboxylic acids is 1. The van der Waals surface area contributed by atoms with E-state index in [-0.39, 0.29) is 4.21 Å². The standard InChI is InChI=1S/C8H11NO4S2/c1-5-3-7(14-4-5)15(12,13)9-6(2)8(10)11/h3-4,6,9H,1-2H3,(H,10,11). The van der Waals surface area contributed by atoms with Crippen molar-refractivity contribution in [1.29, 1.82) is 0 Å². The van der Waals surface area contributed by atoms with Gasteiger partial charge in [0, 0.05) is 0 Å². The first-order valence-corrected chi connectivity index (χ1v) is 6.49. The van der Waals surface area contributed by atoms with Crippen molar-refractivity contribution < 1.29 is 18.3 Å². The molecule has 1 atom stereocenters. The van der Waals surface area contributed by atoms with Crippen LogP contribution in [0.15, 0.2) is 15.7 Å². The molecule has 0 amide bonds. The Morgan fingerprint density at radius 3 is 2.60 bits per heavy atom. The van der Waals surface area contributed by atoms with Crippen molar-refractivity contribution in [3.05, 3.63) is 17.0 Å². The fraction of sp³-hybridized carbons (Fsp3) is 0.375. The molecule has 84 valence electrons. The normalized spacial score (nSPS) is 13.7. The van der Waals surface area contributed by atoms with Gasteiger partial charge in [-0.25, -0.2) is 8.42 Å². The number of rotatable bonds is 4. The fourth-order valence-corrected chi connectivity index (χ4v) is 3.33. The Hall–Kier alpha value is -0.920. The highest BCUT2D eigenvalue weighted by atomic mass is 32.2. The van der Waals surface area contributed by atoms with Crippen molar-refractivity contribution in [2.45, 2.75) is 24.1 Å². The van der Waals surface area contributed by atoms with Gasteiger partial charge >= 0.3 is 5.97 Å². The number of aryl methyl sites for hydroxylation is 1. The zero-order valence-electron chi connectivity index (χ0n) is 8.22. The number of hydrogen-bond acceptors (Lipinski definition) is 4. The lowest BCUT2D eigenvalue weighted by Gasteiger charge is -2.07. The van der Waals surface area contributed by atoms with E-state index in [1.165, 1.54) is 13.0 Å². The van der Waals surface area contributed by atoms with Crippen LogP contribution >= 0.6 is 11.3 Å². The number of hydrogen-bond donors (Lipinski definition) is 2. The maximum atomic E-state index is 11.6. The summed E-state index contributed by atoms with van der Waals surface area (Å²) in [7, 11) is -3.70. The molecule has 0 aliphatic carbocycles. The van der Waals surface area contributed by atoms with Gasteiger partial charge in [-0.1, -0.05) is 0 Å². The van der Waals surface area contributed by atoms with Crippen LogP contribution in [0.5, 0.6) is 0 Å². The summed E-state index contributed by atoms with van der Waals surface area (Å²) in [5.74, 6) is -1.20. The third-order valence-corrected chi connectivity index (χ3v) is 4.77. The Balaban J connectivity index is 2.90. The van der Waals surface area contributed by atoms with Crippen LogP contribution in [0.2, 0.25) is 0 Å². The first-order chi connectivity index (χ1) is 6.83. The number of aliphatic carboxylic acids is 1. The summed E-state index contributed by atoms with van der Waals surface area (Å²) in [5, 5.41) is 10.3. The number of nitrogens with one attached hydrogen (secondary N) is 1. The molecular weight excluding hydrogens is 238 g/mol. The predicted molar refractivity (Wildman–Crippen MR) is 56.5 cm³/mol. The molecule has 0 aliphatic rings. The molecule has 1 unspecified atom stereocenters. The van der Waals surface area contributed by atoms with Crippen LogP contribution in [0.1, 0.15) is 12.5 Å². The Kier molecular flexibility index (Phi) is 3.48. The van der Waals surface area contributed by atoms with Crippen LogP contribution < -0.4 is 4.72 Å². The Bertz CT molecular complexity index is 463. The summed E-state index contributed by atoms with van der Waals surface area (Å²) < 4.78 is 25.4. The number of carbonyl (C=O) groups is 1. The molecule has 2 N–H and O–H groups in total. The van der Waals surface area contributed by atoms with E-state index in [0.717, 1.165) is 16.9 Å². The zero-order valence-corrected chi connectivity index (χ0v) is 9.85. The molecule has 0 fully saturated rings. The van der Waals surface area contributed by atoms with Gasteiger partial charge in [0.25, 0.3) is 10.0 Å². The Morgan fingerprint density at radius 2 is 2.20 bits per heavy atom. The Morgan fingerprint density at radius 1 is 1.60 bits per heavy atom. The van der Waals surface area contributed by atoms with E-state index < -0.39 is 22.0 Å². The predicted octanol–water partition coefficient (Wildman–Crippen LogP) is 0.808. The lowest BCUT2D eigenvalue weighted by Crippen LogP contribution is -2.37. The minimum atomic E-state index is -3.70. The van der Waals surface area contributed by atoms with Crippen molar-refractivity contribution in [2.24, 2.45) is 0 Å². The summed E-state index contributed by atoms with van der Waals surface area (Å²) in [5.41, 5.74) is 0.836. The molecule has 0 bridgehead atoms. The van der Waals surface area contributed by atoms with Crippen molar-refractivity contribution in [1.82, 2.24) is 4.72 Å². The van der Waals surface area contributed by atoms with Gasteiger partial charge in [-0.15, -0.1) is 11.3 Å². The van der Waals surface area contributed by atoms with E-state index in [1.54, 1.807) is 12.3 Å². The number of carboxylic acid groups (broad SMARTS) is 1. The molecule has 0 saturated heterocycles. The third-order valence-electron chi connectivity index (χ3n) is 1.67. The second-order valence-corrected chi connectivity index (χ2v) is 5.98. The minimum absolute atomic E-state index is 0.133. The van der Waals surface area contributed by atoms with Crippen LogP contribution in [0.3, 0.4) is 0 Å². The lowest BCUT2D eigenvalue weighted by molar-refractivity contribution is -0.138. The van der Waals surface area contributed by atoms with Crippen LogP contribution in [0, 0.1) is 6.92 Å². The second kappa shape index (κ2) is 4.30. The summed E-state index contributed by atoms with van der Waals surface area (Å²) in [4.78, 5) is 10.5. The average Bonchev–Trinajstić information content (AvgIpc) is 2.51. The van der Waals surface area contributed by atoms with Gasteiger partial charge in [0.2, 0.25) is 0 Å². The molecule has 0 spiro atoms. The molecule has 0 radical (unpaired) electrons. The molecule has 1 aromatic rings. The van der Waals surface area contributed by atoms with Crippen LogP contribution in [0.4, 0.5) is 0 Å². The van der Waals surface area contributed by atoms with Gasteiger partial charge in [-0.3, -0.25) is 4.79 Å². The SMILES string of the molecule is Cc1csc(S(=O)(=O)NC(C)C(=O)O)c1. The largest absolute Gasteiger partial charge is 0.480 e. The maximum absolute atomic E-state index is 11.6. The summed E-state index contributed by atoms with van der Waals surface area (Å²) in [6.45, 7) is 3.05. The molecule has 7 heteroatoms. The molecule has 0 saturated carbocycles. The van der Waals surface area contributed by atoms with Crippen LogP contribution in [0.25, 0.3) is 0 Å². The molecule has 1 heterocycles. The molecule has 1 rings (SSSR count). The Labute approximate surface area is 91.8 Å². The van der Waals surface area contributed by atoms with E-state index in [0.29, 0.717) is 0 Å². The van der Waals surface area contributed by atoms with Gasteiger partial charge in [0.05, 0.1) is 0 Å². The first kappa shape index (κ1) is 12.2. The van der Waals surface area contributed by atoms with Crippen molar-refractivity contribution in [2.75, 3.05) is 0 Å². The van der Waals surface area contributed by atoms with Crippen molar-refractivity contribution >= 4 is 27.3 Å². The first-order valence-electron chi connectivity index (χ1n) is 4.13. The van der Waals surface area contributed by atoms with E-state index >= 15 is 0 Å². The smallest absolute Gasteiger partial charge is 0.321 e. The number of thiophene rings is 1. The molecule has 0 aliphatic heterocycles. The summed E-state index contributed by atoms with van der Waals surface area (Å²) >= 11 is 1.07. The minimum Gasteiger partial charge on any atom is -0.480 e. The monoisotopic (exact) mass is 249 g/mol. The number of sulfonamides is 1. The van der Waals surface area contributed by atoms with Gasteiger partial charge in [-0.05, 0) is 30.9 Å². The van der Waals surface area contributed by atoms with Gasteiger partial charge in [0.1, 0.15) is 10.3 Å². The maximum Gasteiger partial charge on any atom is 0.321 e. The lowest BCUT2D eigenvalue weighted by atomic mass is 10.4. The van der Waals surface area contributed by atoms with E-state index in [9.17, 15) is 13.2 Å². The molecule has 5 nitrogen and oxygen atoms in total. The highest BCUT2D eigenvalue weighted by Crippen LogP contribution is 2.19. The van der Waals surface area contributed by atoms with E-state index in [2.05, 4.69) is 4.72 Å². The quantitative estimate of drug-likeness (QED) is 0.827. The van der Waals surface area contributed by atoms with Gasteiger partial charge in [0.15, 0.2) is 0 Å². The zero-order chi connectivity index (χ0) is 11.6. The van der Waals surface area contributed by atoms with Gasteiger partial charge in [-0.2, -0.15) is 4.72 Å². The fourth-order valence-electron chi connectivity index (χ4n) is 0.887.